The molecule has 2 heterocycles. The van der Waals surface area contributed by atoms with Crippen molar-refractivity contribution in [3.63, 3.8) is 0 Å². The van der Waals surface area contributed by atoms with Gasteiger partial charge in [-0.25, -0.2) is 0 Å². The molecule has 1 aromatic heterocycles. The van der Waals surface area contributed by atoms with Crippen molar-refractivity contribution in [2.45, 2.75) is 19.8 Å². The van der Waals surface area contributed by atoms with Crippen LogP contribution in [0.3, 0.4) is 0 Å². The van der Waals surface area contributed by atoms with Crippen LogP contribution in [-0.4, -0.2) is 12.4 Å². The molecule has 0 atom stereocenters. The summed E-state index contributed by atoms with van der Waals surface area (Å²) in [7, 11) is 0. The number of carbonyl (C=O) groups excluding carboxylic acids is 1. The van der Waals surface area contributed by atoms with Gasteiger partial charge in [-0.3, -0.25) is 4.79 Å². The van der Waals surface area contributed by atoms with Crippen molar-refractivity contribution in [3.8, 4) is 5.75 Å². The van der Waals surface area contributed by atoms with Gasteiger partial charge in [-0.1, -0.05) is 18.5 Å². The van der Waals surface area contributed by atoms with Crippen LogP contribution in [0.2, 0.25) is 5.02 Å². The van der Waals surface area contributed by atoms with E-state index in [1.54, 1.807) is 6.07 Å². The number of fused-ring (bicyclic) bond motifs is 1. The van der Waals surface area contributed by atoms with Crippen molar-refractivity contribution >= 4 is 28.7 Å². The first-order valence-electron chi connectivity index (χ1n) is 6.27. The van der Waals surface area contributed by atoms with E-state index in [4.69, 9.17) is 16.3 Å². The van der Waals surface area contributed by atoms with Gasteiger partial charge in [0.1, 0.15) is 5.75 Å². The van der Waals surface area contributed by atoms with E-state index in [1.807, 2.05) is 18.2 Å². The minimum absolute atomic E-state index is 0.00495. The van der Waals surface area contributed by atoms with Crippen LogP contribution in [-0.2, 0) is 12.8 Å². The lowest BCUT2D eigenvalue weighted by atomic mass is 10.0. The standard InChI is InChI=1S/C15H13ClO2S/c1-2-11-3-4-13(19-11)14(17)12-8-10(16)7-9-5-6-18-15(9)12/h3-4,7-8H,2,5-6H2,1H3. The van der Waals surface area contributed by atoms with Gasteiger partial charge < -0.3 is 4.74 Å². The second-order valence-corrected chi connectivity index (χ2v) is 6.09. The largest absolute Gasteiger partial charge is 0.492 e. The highest BCUT2D eigenvalue weighted by Crippen LogP contribution is 2.35. The smallest absolute Gasteiger partial charge is 0.206 e. The first-order valence-corrected chi connectivity index (χ1v) is 7.47. The molecule has 98 valence electrons. The first-order chi connectivity index (χ1) is 9.19. The molecule has 0 radical (unpaired) electrons. The van der Waals surface area contributed by atoms with Gasteiger partial charge in [-0.2, -0.15) is 0 Å². The first kappa shape index (κ1) is 12.7. The zero-order valence-electron chi connectivity index (χ0n) is 10.5. The predicted molar refractivity (Wildman–Crippen MR) is 77.8 cm³/mol. The Morgan fingerprint density at radius 1 is 1.42 bits per heavy atom. The average molecular weight is 293 g/mol. The minimum Gasteiger partial charge on any atom is -0.492 e. The molecule has 2 aromatic rings. The third-order valence-corrected chi connectivity index (χ3v) is 4.67. The summed E-state index contributed by atoms with van der Waals surface area (Å²) in [5.74, 6) is 0.714. The summed E-state index contributed by atoms with van der Waals surface area (Å²) in [5, 5.41) is 0.597. The maximum Gasteiger partial charge on any atom is 0.206 e. The summed E-state index contributed by atoms with van der Waals surface area (Å²) in [6.07, 6.45) is 1.77. The van der Waals surface area contributed by atoms with E-state index >= 15 is 0 Å². The number of hydrogen-bond acceptors (Lipinski definition) is 3. The normalized spacial score (nSPS) is 13.2. The number of aryl methyl sites for hydroxylation is 1. The molecule has 0 fully saturated rings. The second kappa shape index (κ2) is 4.99. The lowest BCUT2D eigenvalue weighted by Crippen LogP contribution is -2.01. The maximum absolute atomic E-state index is 12.6. The van der Waals surface area contributed by atoms with E-state index in [9.17, 15) is 4.79 Å². The fourth-order valence-corrected chi connectivity index (χ4v) is 3.40. The van der Waals surface area contributed by atoms with Crippen LogP contribution in [0.25, 0.3) is 0 Å². The maximum atomic E-state index is 12.6. The summed E-state index contributed by atoms with van der Waals surface area (Å²) in [6.45, 7) is 2.71. The number of hydrogen-bond donors (Lipinski definition) is 0. The van der Waals surface area contributed by atoms with Crippen molar-refractivity contribution in [2.75, 3.05) is 6.61 Å². The second-order valence-electron chi connectivity index (χ2n) is 4.49. The van der Waals surface area contributed by atoms with E-state index in [2.05, 4.69) is 6.92 Å². The molecule has 0 aliphatic carbocycles. The Labute approximate surface area is 121 Å². The number of ether oxygens (including phenoxy) is 1. The number of ketones is 1. The fourth-order valence-electron chi connectivity index (χ4n) is 2.26. The number of halogens is 1. The van der Waals surface area contributed by atoms with Gasteiger partial charge in [0.15, 0.2) is 0 Å². The molecule has 0 N–H and O–H groups in total. The van der Waals surface area contributed by atoms with E-state index in [0.717, 1.165) is 23.3 Å². The van der Waals surface area contributed by atoms with Gasteiger partial charge in [0.05, 0.1) is 17.0 Å². The van der Waals surface area contributed by atoms with Crippen LogP contribution in [0.15, 0.2) is 24.3 Å². The summed E-state index contributed by atoms with van der Waals surface area (Å²) in [5.41, 5.74) is 1.62. The van der Waals surface area contributed by atoms with Gasteiger partial charge >= 0.3 is 0 Å². The molecular formula is C15H13ClO2S. The summed E-state index contributed by atoms with van der Waals surface area (Å²) in [4.78, 5) is 14.5. The zero-order valence-corrected chi connectivity index (χ0v) is 12.1. The molecule has 0 amide bonds. The number of thiophene rings is 1. The Hall–Kier alpha value is -1.32. The average Bonchev–Trinajstić information content (AvgIpc) is 3.04. The van der Waals surface area contributed by atoms with E-state index in [1.165, 1.54) is 16.2 Å². The van der Waals surface area contributed by atoms with E-state index < -0.39 is 0 Å². The molecule has 3 rings (SSSR count). The lowest BCUT2D eigenvalue weighted by Gasteiger charge is -2.07. The molecule has 2 nitrogen and oxygen atoms in total. The lowest BCUT2D eigenvalue weighted by molar-refractivity contribution is 0.103. The van der Waals surface area contributed by atoms with Gasteiger partial charge in [-0.05, 0) is 36.2 Å². The molecular weight excluding hydrogens is 280 g/mol. The Morgan fingerprint density at radius 2 is 2.26 bits per heavy atom. The quantitative estimate of drug-likeness (QED) is 0.795. The molecule has 4 heteroatoms. The van der Waals surface area contributed by atoms with Gasteiger partial charge in [0.2, 0.25) is 5.78 Å². The summed E-state index contributed by atoms with van der Waals surface area (Å²) < 4.78 is 5.59. The molecule has 1 aliphatic rings. The summed E-state index contributed by atoms with van der Waals surface area (Å²) in [6, 6.07) is 7.48. The molecule has 0 bridgehead atoms. The zero-order chi connectivity index (χ0) is 13.4. The predicted octanol–water partition coefficient (Wildman–Crippen LogP) is 4.13. The van der Waals surface area contributed by atoms with Crippen molar-refractivity contribution in [1.82, 2.24) is 0 Å². The highest BCUT2D eigenvalue weighted by molar-refractivity contribution is 7.14. The monoisotopic (exact) mass is 292 g/mol. The van der Waals surface area contributed by atoms with Crippen molar-refractivity contribution < 1.29 is 9.53 Å². The molecule has 0 spiro atoms. The molecule has 19 heavy (non-hydrogen) atoms. The third kappa shape index (κ3) is 2.28. The number of benzene rings is 1. The Bertz CT molecular complexity index is 646. The van der Waals surface area contributed by atoms with Crippen LogP contribution in [0.5, 0.6) is 5.75 Å². The summed E-state index contributed by atoms with van der Waals surface area (Å²) >= 11 is 7.63. The molecule has 1 aromatic carbocycles. The van der Waals surface area contributed by atoms with E-state index in [0.29, 0.717) is 22.9 Å². The Balaban J connectivity index is 2.04. The van der Waals surface area contributed by atoms with Crippen LogP contribution in [0.4, 0.5) is 0 Å². The van der Waals surface area contributed by atoms with Crippen molar-refractivity contribution in [1.29, 1.82) is 0 Å². The fraction of sp³-hybridized carbons (Fsp3) is 0.267. The van der Waals surface area contributed by atoms with Crippen molar-refractivity contribution in [2.24, 2.45) is 0 Å². The molecule has 1 aliphatic heterocycles. The highest BCUT2D eigenvalue weighted by atomic mass is 35.5. The third-order valence-electron chi connectivity index (χ3n) is 3.23. The molecule has 0 saturated heterocycles. The molecule has 0 saturated carbocycles. The highest BCUT2D eigenvalue weighted by Gasteiger charge is 2.23. The minimum atomic E-state index is 0.00495. The topological polar surface area (TPSA) is 26.3 Å². The van der Waals surface area contributed by atoms with Gasteiger partial charge in [0.25, 0.3) is 0 Å². The number of rotatable bonds is 3. The van der Waals surface area contributed by atoms with Gasteiger partial charge in [0, 0.05) is 16.3 Å². The van der Waals surface area contributed by atoms with Crippen molar-refractivity contribution in [3.05, 3.63) is 50.2 Å². The van der Waals surface area contributed by atoms with E-state index in [-0.39, 0.29) is 5.78 Å². The van der Waals surface area contributed by atoms with Crippen LogP contribution < -0.4 is 4.74 Å². The Morgan fingerprint density at radius 3 is 3.00 bits per heavy atom. The van der Waals surface area contributed by atoms with Crippen LogP contribution in [0, 0.1) is 0 Å². The van der Waals surface area contributed by atoms with Gasteiger partial charge in [-0.15, -0.1) is 11.3 Å². The molecule has 0 unspecified atom stereocenters. The Kier molecular flexibility index (Phi) is 3.33. The SMILES string of the molecule is CCc1ccc(C(=O)c2cc(Cl)cc3c2OCC3)s1. The van der Waals surface area contributed by atoms with Crippen LogP contribution in [0.1, 0.15) is 32.6 Å². The number of carbonyl (C=O) groups is 1. The van der Waals surface area contributed by atoms with Crippen LogP contribution >= 0.6 is 22.9 Å².